The fourth-order valence-electron chi connectivity index (χ4n) is 4.11. The first kappa shape index (κ1) is 21.8. The third-order valence-corrected chi connectivity index (χ3v) is 5.83. The van der Waals surface area contributed by atoms with Crippen LogP contribution in [-0.4, -0.2) is 43.4 Å². The van der Waals surface area contributed by atoms with Crippen molar-refractivity contribution in [3.05, 3.63) is 67.0 Å². The van der Waals surface area contributed by atoms with Gasteiger partial charge in [0.05, 0.1) is 29.6 Å². The van der Waals surface area contributed by atoms with Gasteiger partial charge < -0.3 is 15.4 Å². The van der Waals surface area contributed by atoms with E-state index in [-0.39, 0.29) is 17.7 Å². The molecule has 0 spiro atoms. The number of ether oxygens (including phenoxy) is 1. The first-order chi connectivity index (χ1) is 16.5. The van der Waals surface area contributed by atoms with Crippen LogP contribution in [0.4, 0.5) is 21.7 Å². The van der Waals surface area contributed by atoms with Gasteiger partial charge >= 0.3 is 0 Å². The molecular weight excluding hydrogens is 437 g/mol. The zero-order valence-corrected chi connectivity index (χ0v) is 18.7. The van der Waals surface area contributed by atoms with Crippen molar-refractivity contribution in [1.29, 1.82) is 0 Å². The number of benzene rings is 1. The number of nitrogens with zero attached hydrogens (tertiary/aromatic N) is 5. The molecule has 1 aliphatic rings. The second-order valence-corrected chi connectivity index (χ2v) is 8.15. The van der Waals surface area contributed by atoms with Gasteiger partial charge in [-0.1, -0.05) is 6.58 Å². The summed E-state index contributed by atoms with van der Waals surface area (Å²) in [5.41, 5.74) is 3.02. The fourth-order valence-corrected chi connectivity index (χ4v) is 4.11. The van der Waals surface area contributed by atoms with Crippen LogP contribution in [0.5, 0.6) is 0 Å². The van der Waals surface area contributed by atoms with Crippen molar-refractivity contribution >= 4 is 34.1 Å². The molecule has 0 unspecified atom stereocenters. The second-order valence-electron chi connectivity index (χ2n) is 8.15. The number of rotatable bonds is 6. The van der Waals surface area contributed by atoms with E-state index in [0.717, 1.165) is 54.4 Å². The normalized spacial score (nSPS) is 14.3. The quantitative estimate of drug-likeness (QED) is 0.416. The van der Waals surface area contributed by atoms with E-state index in [0.29, 0.717) is 11.7 Å². The lowest BCUT2D eigenvalue weighted by molar-refractivity contribution is -0.111. The van der Waals surface area contributed by atoms with Gasteiger partial charge in [0.25, 0.3) is 0 Å². The molecular formula is C24H24FN7O2. The minimum Gasteiger partial charge on any atom is -0.381 e. The van der Waals surface area contributed by atoms with E-state index in [1.807, 2.05) is 36.1 Å². The summed E-state index contributed by atoms with van der Waals surface area (Å²) in [7, 11) is 0. The molecule has 3 aromatic heterocycles. The Balaban J connectivity index is 1.43. The van der Waals surface area contributed by atoms with E-state index in [1.165, 1.54) is 6.08 Å². The van der Waals surface area contributed by atoms with Crippen molar-refractivity contribution in [3.8, 4) is 5.82 Å². The number of nitrogens with one attached hydrogen (secondary N) is 2. The Labute approximate surface area is 195 Å². The van der Waals surface area contributed by atoms with Gasteiger partial charge in [-0.2, -0.15) is 10.1 Å². The van der Waals surface area contributed by atoms with Gasteiger partial charge in [-0.3, -0.25) is 14.0 Å². The molecule has 5 rings (SSSR count). The van der Waals surface area contributed by atoms with E-state index < -0.39 is 5.82 Å². The van der Waals surface area contributed by atoms with Crippen molar-refractivity contribution in [2.45, 2.75) is 25.8 Å². The fraction of sp³-hybridized carbons (Fsp3) is 0.250. The zero-order chi connectivity index (χ0) is 23.7. The standard InChI is InChI=1S/C24H24FN7O2/c1-3-22(33)28-16-4-5-21-19(10-16)15(2)13-31(21)23-20(25)12-26-24(30-23)29-17-11-27-32(14-17)18-6-8-34-9-7-18/h3-5,10-14,18H,1,6-9H2,2H3,(H,28,33)(H,26,29,30). The van der Waals surface area contributed by atoms with Gasteiger partial charge in [0, 0.05) is 36.7 Å². The molecule has 1 aliphatic heterocycles. The molecule has 10 heteroatoms. The molecule has 1 amide bonds. The van der Waals surface area contributed by atoms with Crippen LogP contribution in [0.15, 0.2) is 55.6 Å². The number of carbonyl (C=O) groups is 1. The molecule has 0 atom stereocenters. The minimum atomic E-state index is -0.551. The number of anilines is 3. The number of aromatic nitrogens is 5. The van der Waals surface area contributed by atoms with E-state index in [9.17, 15) is 9.18 Å². The maximum absolute atomic E-state index is 14.8. The number of aryl methyl sites for hydroxylation is 1. The summed E-state index contributed by atoms with van der Waals surface area (Å²) in [6.07, 6.45) is 9.59. The lowest BCUT2D eigenvalue weighted by Crippen LogP contribution is -2.19. The van der Waals surface area contributed by atoms with Crippen molar-refractivity contribution in [2.75, 3.05) is 23.8 Å². The number of fused-ring (bicyclic) bond motifs is 1. The number of hydrogen-bond acceptors (Lipinski definition) is 6. The second kappa shape index (κ2) is 9.06. The third-order valence-electron chi connectivity index (χ3n) is 5.83. The summed E-state index contributed by atoms with van der Waals surface area (Å²) >= 11 is 0. The smallest absolute Gasteiger partial charge is 0.247 e. The predicted octanol–water partition coefficient (Wildman–Crippen LogP) is 4.28. The van der Waals surface area contributed by atoms with Crippen LogP contribution in [0.1, 0.15) is 24.4 Å². The summed E-state index contributed by atoms with van der Waals surface area (Å²) < 4.78 is 23.8. The van der Waals surface area contributed by atoms with Crippen LogP contribution >= 0.6 is 0 Å². The maximum atomic E-state index is 14.8. The van der Waals surface area contributed by atoms with Gasteiger partial charge in [-0.05, 0) is 49.6 Å². The van der Waals surface area contributed by atoms with Crippen LogP contribution in [-0.2, 0) is 9.53 Å². The minimum absolute atomic E-state index is 0.121. The Morgan fingerprint density at radius 3 is 2.85 bits per heavy atom. The Morgan fingerprint density at radius 2 is 2.06 bits per heavy atom. The van der Waals surface area contributed by atoms with Gasteiger partial charge in [0.15, 0.2) is 11.6 Å². The summed E-state index contributed by atoms with van der Waals surface area (Å²) in [6.45, 7) is 6.84. The molecule has 0 bridgehead atoms. The topological polar surface area (TPSA) is 98.9 Å². The number of halogens is 1. The first-order valence-electron chi connectivity index (χ1n) is 11.0. The highest BCUT2D eigenvalue weighted by molar-refractivity contribution is 6.00. The van der Waals surface area contributed by atoms with Gasteiger partial charge in [0.1, 0.15) is 0 Å². The van der Waals surface area contributed by atoms with Crippen LogP contribution in [0, 0.1) is 12.7 Å². The van der Waals surface area contributed by atoms with Crippen molar-refractivity contribution in [2.24, 2.45) is 0 Å². The average Bonchev–Trinajstić information content (AvgIpc) is 3.45. The summed E-state index contributed by atoms with van der Waals surface area (Å²) in [6, 6.07) is 5.70. The van der Waals surface area contributed by atoms with Crippen LogP contribution in [0.3, 0.4) is 0 Å². The Morgan fingerprint density at radius 1 is 1.24 bits per heavy atom. The Hall–Kier alpha value is -4.05. The highest BCUT2D eigenvalue weighted by atomic mass is 19.1. The largest absolute Gasteiger partial charge is 0.381 e. The lowest BCUT2D eigenvalue weighted by atomic mass is 10.1. The predicted molar refractivity (Wildman–Crippen MR) is 127 cm³/mol. The van der Waals surface area contributed by atoms with Crippen LogP contribution in [0.2, 0.25) is 0 Å². The number of amides is 1. The highest BCUT2D eigenvalue weighted by Gasteiger charge is 2.18. The molecule has 174 valence electrons. The summed E-state index contributed by atoms with van der Waals surface area (Å²) in [4.78, 5) is 20.2. The van der Waals surface area contributed by atoms with Gasteiger partial charge in [-0.15, -0.1) is 0 Å². The van der Waals surface area contributed by atoms with E-state index in [4.69, 9.17) is 4.74 Å². The monoisotopic (exact) mass is 461 g/mol. The van der Waals surface area contributed by atoms with Gasteiger partial charge in [0.2, 0.25) is 11.9 Å². The molecule has 1 aromatic carbocycles. The molecule has 1 saturated heterocycles. The molecule has 34 heavy (non-hydrogen) atoms. The van der Waals surface area contributed by atoms with Crippen molar-refractivity contribution < 1.29 is 13.9 Å². The molecule has 4 aromatic rings. The zero-order valence-electron chi connectivity index (χ0n) is 18.7. The SMILES string of the molecule is C=CC(=O)Nc1ccc2c(c1)c(C)cn2-c1nc(Nc2cnn(C3CCOCC3)c2)ncc1F. The molecule has 0 aliphatic carbocycles. The molecule has 9 nitrogen and oxygen atoms in total. The highest BCUT2D eigenvalue weighted by Crippen LogP contribution is 2.28. The molecule has 0 saturated carbocycles. The number of hydrogen-bond donors (Lipinski definition) is 2. The molecule has 0 radical (unpaired) electrons. The van der Waals surface area contributed by atoms with Crippen molar-refractivity contribution in [1.82, 2.24) is 24.3 Å². The van der Waals surface area contributed by atoms with E-state index in [2.05, 4.69) is 32.3 Å². The maximum Gasteiger partial charge on any atom is 0.247 e. The first-order valence-corrected chi connectivity index (χ1v) is 11.0. The van der Waals surface area contributed by atoms with Crippen LogP contribution in [0.25, 0.3) is 16.7 Å². The molecule has 1 fully saturated rings. The molecule has 2 N–H and O–H groups in total. The Kier molecular flexibility index (Phi) is 5.81. The van der Waals surface area contributed by atoms with E-state index >= 15 is 0 Å². The Bertz CT molecular complexity index is 1370. The van der Waals surface area contributed by atoms with Crippen molar-refractivity contribution in [3.63, 3.8) is 0 Å². The summed E-state index contributed by atoms with van der Waals surface area (Å²) in [5.74, 6) is -0.467. The summed E-state index contributed by atoms with van der Waals surface area (Å²) in [5, 5.41) is 11.2. The lowest BCUT2D eigenvalue weighted by Gasteiger charge is -2.22. The molecule has 4 heterocycles. The van der Waals surface area contributed by atoms with E-state index in [1.54, 1.807) is 16.8 Å². The van der Waals surface area contributed by atoms with Crippen LogP contribution < -0.4 is 10.6 Å². The number of carbonyl (C=O) groups excluding carboxylic acids is 1. The average molecular weight is 462 g/mol. The van der Waals surface area contributed by atoms with Gasteiger partial charge in [-0.25, -0.2) is 9.37 Å². The third kappa shape index (κ3) is 4.27.